The van der Waals surface area contributed by atoms with Gasteiger partial charge in [0, 0.05) is 25.7 Å². The molecule has 0 radical (unpaired) electrons. The van der Waals surface area contributed by atoms with E-state index in [2.05, 4.69) is 42.2 Å². The SMILES string of the molecule is C[C@@H](N)[C@@H]1[C@@H]2CN(Cc3ccccc3)C[C@@H]21. The first kappa shape index (κ1) is 10.3. The van der Waals surface area contributed by atoms with Crippen LogP contribution in [0.4, 0.5) is 0 Å². The summed E-state index contributed by atoms with van der Waals surface area (Å²) in [6.07, 6.45) is 0. The highest BCUT2D eigenvalue weighted by molar-refractivity contribution is 5.16. The zero-order valence-corrected chi connectivity index (χ0v) is 9.84. The quantitative estimate of drug-likeness (QED) is 0.833. The Bertz CT molecular complexity index is 348. The van der Waals surface area contributed by atoms with E-state index in [0.717, 1.165) is 24.3 Å². The fourth-order valence-corrected chi connectivity index (χ4v) is 3.41. The van der Waals surface area contributed by atoms with Gasteiger partial charge in [0.05, 0.1) is 0 Å². The van der Waals surface area contributed by atoms with Crippen LogP contribution < -0.4 is 5.73 Å². The van der Waals surface area contributed by atoms with Crippen molar-refractivity contribution in [2.45, 2.75) is 19.5 Å². The number of fused-ring (bicyclic) bond motifs is 1. The minimum absolute atomic E-state index is 0.397. The Morgan fingerprint density at radius 3 is 2.44 bits per heavy atom. The van der Waals surface area contributed by atoms with Crippen molar-refractivity contribution in [2.24, 2.45) is 23.5 Å². The lowest BCUT2D eigenvalue weighted by Crippen LogP contribution is -2.29. The molecule has 1 aliphatic heterocycles. The van der Waals surface area contributed by atoms with Crippen LogP contribution in [0, 0.1) is 17.8 Å². The lowest BCUT2D eigenvalue weighted by atomic mass is 10.1. The fraction of sp³-hybridized carbons (Fsp3) is 0.571. The maximum absolute atomic E-state index is 5.97. The monoisotopic (exact) mass is 216 g/mol. The summed E-state index contributed by atoms with van der Waals surface area (Å²) >= 11 is 0. The molecular weight excluding hydrogens is 196 g/mol. The zero-order chi connectivity index (χ0) is 11.1. The molecule has 1 saturated heterocycles. The first-order valence-electron chi connectivity index (χ1n) is 6.27. The Labute approximate surface area is 97.4 Å². The van der Waals surface area contributed by atoms with Gasteiger partial charge >= 0.3 is 0 Å². The first-order chi connectivity index (χ1) is 7.75. The Balaban J connectivity index is 1.55. The van der Waals surface area contributed by atoms with Gasteiger partial charge in [-0.3, -0.25) is 4.90 Å². The molecule has 0 spiro atoms. The number of rotatable bonds is 3. The van der Waals surface area contributed by atoms with Gasteiger partial charge in [-0.2, -0.15) is 0 Å². The molecule has 1 heterocycles. The van der Waals surface area contributed by atoms with Crippen LogP contribution in [0.5, 0.6) is 0 Å². The molecule has 2 aliphatic rings. The van der Waals surface area contributed by atoms with Crippen LogP contribution in [0.2, 0.25) is 0 Å². The van der Waals surface area contributed by atoms with Crippen molar-refractivity contribution in [3.63, 3.8) is 0 Å². The van der Waals surface area contributed by atoms with Crippen LogP contribution >= 0.6 is 0 Å². The third-order valence-electron chi connectivity index (χ3n) is 4.19. The number of hydrogen-bond donors (Lipinski definition) is 1. The lowest BCUT2D eigenvalue weighted by molar-refractivity contribution is 0.270. The molecule has 2 heteroatoms. The standard InChI is InChI=1S/C14H20N2/c1-10(15)14-12-8-16(9-13(12)14)7-11-5-3-2-4-6-11/h2-6,10,12-14H,7-9,15H2,1H3/t10-,12-,13+,14-/m1/s1. The summed E-state index contributed by atoms with van der Waals surface area (Å²) in [6, 6.07) is 11.2. The van der Waals surface area contributed by atoms with Crippen LogP contribution in [0.15, 0.2) is 30.3 Å². The molecule has 0 bridgehead atoms. The summed E-state index contributed by atoms with van der Waals surface area (Å²) in [4.78, 5) is 2.57. The van der Waals surface area contributed by atoms with E-state index in [4.69, 9.17) is 5.73 Å². The van der Waals surface area contributed by atoms with Gasteiger partial charge in [-0.25, -0.2) is 0 Å². The molecule has 1 aromatic carbocycles. The zero-order valence-electron chi connectivity index (χ0n) is 9.84. The van der Waals surface area contributed by atoms with Gasteiger partial charge in [0.2, 0.25) is 0 Å². The Hall–Kier alpha value is -0.860. The smallest absolute Gasteiger partial charge is 0.0233 e. The Kier molecular flexibility index (Phi) is 2.49. The predicted molar refractivity (Wildman–Crippen MR) is 65.8 cm³/mol. The van der Waals surface area contributed by atoms with Gasteiger partial charge < -0.3 is 5.73 Å². The third kappa shape index (κ3) is 1.76. The number of nitrogens with zero attached hydrogens (tertiary/aromatic N) is 1. The van der Waals surface area contributed by atoms with Crippen LogP contribution in [0.3, 0.4) is 0 Å². The van der Waals surface area contributed by atoms with Gasteiger partial charge in [-0.15, -0.1) is 0 Å². The molecule has 1 aromatic rings. The van der Waals surface area contributed by atoms with Crippen LogP contribution in [-0.4, -0.2) is 24.0 Å². The number of piperidine rings is 1. The lowest BCUT2D eigenvalue weighted by Gasteiger charge is -2.20. The highest BCUT2D eigenvalue weighted by atomic mass is 15.2. The molecule has 0 amide bonds. The molecule has 2 nitrogen and oxygen atoms in total. The Morgan fingerprint density at radius 1 is 1.25 bits per heavy atom. The highest BCUT2D eigenvalue weighted by Gasteiger charge is 2.56. The summed E-state index contributed by atoms with van der Waals surface area (Å²) in [5.41, 5.74) is 7.40. The summed E-state index contributed by atoms with van der Waals surface area (Å²) in [6.45, 7) is 5.78. The van der Waals surface area contributed by atoms with Crippen molar-refractivity contribution in [1.29, 1.82) is 0 Å². The van der Waals surface area contributed by atoms with E-state index in [9.17, 15) is 0 Å². The van der Waals surface area contributed by atoms with Crippen LogP contribution in [0.25, 0.3) is 0 Å². The minimum Gasteiger partial charge on any atom is -0.328 e. The van der Waals surface area contributed by atoms with Gasteiger partial charge in [-0.05, 0) is 30.2 Å². The minimum atomic E-state index is 0.397. The van der Waals surface area contributed by atoms with E-state index in [1.54, 1.807) is 0 Å². The molecule has 16 heavy (non-hydrogen) atoms. The average Bonchev–Trinajstić information content (AvgIpc) is 2.79. The number of likely N-dealkylation sites (tertiary alicyclic amines) is 1. The van der Waals surface area contributed by atoms with Crippen LogP contribution in [0.1, 0.15) is 12.5 Å². The largest absolute Gasteiger partial charge is 0.328 e. The normalized spacial score (nSPS) is 34.8. The highest BCUT2D eigenvalue weighted by Crippen LogP contribution is 2.53. The van der Waals surface area contributed by atoms with Crippen molar-refractivity contribution in [1.82, 2.24) is 4.90 Å². The van der Waals surface area contributed by atoms with Crippen molar-refractivity contribution >= 4 is 0 Å². The predicted octanol–water partition coefficient (Wildman–Crippen LogP) is 1.71. The molecule has 2 fully saturated rings. The van der Waals surface area contributed by atoms with E-state index >= 15 is 0 Å². The molecule has 1 aliphatic carbocycles. The molecule has 1 saturated carbocycles. The van der Waals surface area contributed by atoms with E-state index in [1.807, 2.05) is 0 Å². The van der Waals surface area contributed by atoms with E-state index in [-0.39, 0.29) is 0 Å². The number of nitrogens with two attached hydrogens (primary N) is 1. The van der Waals surface area contributed by atoms with Gasteiger partial charge in [0.25, 0.3) is 0 Å². The molecule has 86 valence electrons. The van der Waals surface area contributed by atoms with Crippen molar-refractivity contribution < 1.29 is 0 Å². The van der Waals surface area contributed by atoms with Gasteiger partial charge in [-0.1, -0.05) is 30.3 Å². The second-order valence-corrected chi connectivity index (χ2v) is 5.44. The topological polar surface area (TPSA) is 29.3 Å². The molecule has 4 atom stereocenters. The van der Waals surface area contributed by atoms with Crippen molar-refractivity contribution in [3.05, 3.63) is 35.9 Å². The molecule has 3 rings (SSSR count). The second-order valence-electron chi connectivity index (χ2n) is 5.44. The van der Waals surface area contributed by atoms with E-state index in [0.29, 0.717) is 6.04 Å². The Morgan fingerprint density at radius 2 is 1.88 bits per heavy atom. The number of hydrogen-bond acceptors (Lipinski definition) is 2. The average molecular weight is 216 g/mol. The van der Waals surface area contributed by atoms with E-state index < -0.39 is 0 Å². The summed E-state index contributed by atoms with van der Waals surface area (Å²) < 4.78 is 0. The summed E-state index contributed by atoms with van der Waals surface area (Å²) in [5, 5.41) is 0. The van der Waals surface area contributed by atoms with Crippen molar-refractivity contribution in [2.75, 3.05) is 13.1 Å². The van der Waals surface area contributed by atoms with Gasteiger partial charge in [0.1, 0.15) is 0 Å². The summed E-state index contributed by atoms with van der Waals surface area (Å²) in [5.74, 6) is 2.60. The van der Waals surface area contributed by atoms with E-state index in [1.165, 1.54) is 18.7 Å². The second kappa shape index (κ2) is 3.86. The van der Waals surface area contributed by atoms with Crippen molar-refractivity contribution in [3.8, 4) is 0 Å². The summed E-state index contributed by atoms with van der Waals surface area (Å²) in [7, 11) is 0. The molecule has 0 unspecified atom stereocenters. The fourth-order valence-electron chi connectivity index (χ4n) is 3.41. The molecular formula is C14H20N2. The number of benzene rings is 1. The van der Waals surface area contributed by atoms with Gasteiger partial charge in [0.15, 0.2) is 0 Å². The maximum atomic E-state index is 5.97. The van der Waals surface area contributed by atoms with Crippen LogP contribution in [-0.2, 0) is 6.54 Å². The first-order valence-corrected chi connectivity index (χ1v) is 6.27. The third-order valence-corrected chi connectivity index (χ3v) is 4.19. The maximum Gasteiger partial charge on any atom is 0.0233 e. The molecule has 0 aromatic heterocycles. The molecule has 2 N–H and O–H groups in total.